The van der Waals surface area contributed by atoms with E-state index in [0.29, 0.717) is 0 Å². The molecular weight excluding hydrogens is 1070 g/mol. The van der Waals surface area contributed by atoms with Gasteiger partial charge in [0.25, 0.3) is 0 Å². The summed E-state index contributed by atoms with van der Waals surface area (Å²) in [5.41, 5.74) is 24.5. The first-order valence-electron chi connectivity index (χ1n) is 31.6. The molecule has 0 saturated heterocycles. The van der Waals surface area contributed by atoms with Gasteiger partial charge in [0.2, 0.25) is 0 Å². The number of hydrogen-bond acceptors (Lipinski definition) is 2. The quantitative estimate of drug-likeness (QED) is 0.147. The molecule has 0 unspecified atom stereocenters. The molecule has 0 amide bonds. The van der Waals surface area contributed by atoms with Crippen molar-refractivity contribution in [1.82, 2.24) is 0 Å². The van der Waals surface area contributed by atoms with Gasteiger partial charge in [-0.3, -0.25) is 0 Å². The zero-order chi connectivity index (χ0) is 59.7. The second kappa shape index (κ2) is 18.7. The molecule has 3 aliphatic carbocycles. The third-order valence-corrected chi connectivity index (χ3v) is 21.0. The van der Waals surface area contributed by atoms with Gasteiger partial charge in [-0.2, -0.15) is 0 Å². The number of hydrogen-bond donors (Lipinski definition) is 0. The fraction of sp³-hybridized carbons (Fsp3) is 0.103. The maximum Gasteiger partial charge on any atom is 0.0468 e. The fourth-order valence-electron chi connectivity index (χ4n) is 16.5. The van der Waals surface area contributed by atoms with Gasteiger partial charge >= 0.3 is 0 Å². The highest BCUT2D eigenvalue weighted by molar-refractivity contribution is 6.25. The maximum absolute atomic E-state index is 2.53. The van der Waals surface area contributed by atoms with Crippen molar-refractivity contribution in [3.63, 3.8) is 0 Å². The molecule has 0 atom stereocenters. The average Bonchev–Trinajstić information content (AvgIpc) is 1.38. The standard InChI is InChI=1S/C87H64N2/c1-85(2)76-28-16-14-25-66(76)68-43-39-61(50-79(68)85)88(58-37-35-55-33-31-53-19-10-12-23-64(53)73(55)47-58)60-41-45-71-75(49-60)70-27-18-30-78-83(70)84(82(71)57-21-8-7-9-22-57)72-46-42-63(52-81(72)87(78,5)6)89(59-38-36-56-34-32-54-20-11-13-24-65(54)74(56)48-59)62-40-44-69-67-26-15-17-29-77(67)86(3,4)80(69)51-62/h7-52H,1-6H3. The summed E-state index contributed by atoms with van der Waals surface area (Å²) in [5.74, 6) is 0. The summed E-state index contributed by atoms with van der Waals surface area (Å²) in [6, 6.07) is 106. The Labute approximate surface area is 520 Å². The Bertz CT molecular complexity index is 5550. The van der Waals surface area contributed by atoms with Gasteiger partial charge < -0.3 is 9.80 Å². The highest BCUT2D eigenvalue weighted by atomic mass is 15.1. The van der Waals surface area contributed by atoms with Crippen molar-refractivity contribution in [3.8, 4) is 44.5 Å². The van der Waals surface area contributed by atoms with Crippen molar-refractivity contribution in [2.24, 2.45) is 0 Å². The smallest absolute Gasteiger partial charge is 0.0468 e. The molecule has 0 fully saturated rings. The number of anilines is 6. The van der Waals surface area contributed by atoms with Crippen LogP contribution in [-0.2, 0) is 16.2 Å². The highest BCUT2D eigenvalue weighted by Crippen LogP contribution is 2.58. The van der Waals surface area contributed by atoms with Crippen LogP contribution in [0.25, 0.3) is 109 Å². The van der Waals surface area contributed by atoms with Gasteiger partial charge in [0.1, 0.15) is 0 Å². The van der Waals surface area contributed by atoms with E-state index in [1.54, 1.807) is 0 Å². The Kier molecular flexibility index (Phi) is 10.9. The van der Waals surface area contributed by atoms with Crippen molar-refractivity contribution in [2.45, 2.75) is 57.8 Å². The molecule has 15 aromatic rings. The lowest BCUT2D eigenvalue weighted by Gasteiger charge is -2.38. The molecule has 0 saturated carbocycles. The Morgan fingerprint density at radius 3 is 1.11 bits per heavy atom. The number of rotatable bonds is 7. The average molecular weight is 1140 g/mol. The monoisotopic (exact) mass is 1140 g/mol. The van der Waals surface area contributed by atoms with E-state index in [2.05, 4.69) is 330 Å². The van der Waals surface area contributed by atoms with Gasteiger partial charge in [-0.25, -0.2) is 0 Å². The normalized spacial score (nSPS) is 14.4. The molecule has 0 bridgehead atoms. The molecule has 3 aliphatic rings. The predicted molar refractivity (Wildman–Crippen MR) is 379 cm³/mol. The minimum Gasteiger partial charge on any atom is -0.310 e. The SMILES string of the molecule is CC1(C)c2ccccc2-c2ccc(N(c3ccc4c(c3)C(C)(C)c3cccc5c3c-4c(-c3ccccc3)c3ccc(N(c4ccc6c(c4)C(C)(C)c4ccccc4-6)c4ccc6ccc7ccccc7c6c4)cc35)c3ccc4ccc5ccccc5c4c3)cc21. The second-order valence-electron chi connectivity index (χ2n) is 26.8. The van der Waals surface area contributed by atoms with E-state index in [9.17, 15) is 0 Å². The lowest BCUT2D eigenvalue weighted by atomic mass is 9.66. The molecule has 0 spiro atoms. The fourth-order valence-corrected chi connectivity index (χ4v) is 16.5. The minimum absolute atomic E-state index is 0.166. The molecule has 0 aromatic heterocycles. The minimum atomic E-state index is -0.390. The van der Waals surface area contributed by atoms with Gasteiger partial charge in [0.05, 0.1) is 0 Å². The zero-order valence-electron chi connectivity index (χ0n) is 51.0. The molecule has 0 N–H and O–H groups in total. The molecule has 15 aromatic carbocycles. The topological polar surface area (TPSA) is 6.48 Å². The summed E-state index contributed by atoms with van der Waals surface area (Å²) in [6.07, 6.45) is 0. The van der Waals surface area contributed by atoms with E-state index < -0.39 is 5.41 Å². The predicted octanol–water partition coefficient (Wildman–Crippen LogP) is 24.1. The highest BCUT2D eigenvalue weighted by Gasteiger charge is 2.40. The van der Waals surface area contributed by atoms with Gasteiger partial charge in [-0.05, 0) is 215 Å². The van der Waals surface area contributed by atoms with E-state index in [4.69, 9.17) is 0 Å². The van der Waals surface area contributed by atoms with Gasteiger partial charge in [-0.1, -0.05) is 248 Å². The van der Waals surface area contributed by atoms with Crippen LogP contribution in [0.4, 0.5) is 34.1 Å². The Balaban J connectivity index is 0.860. The van der Waals surface area contributed by atoms with E-state index >= 15 is 0 Å². The molecule has 422 valence electrons. The third kappa shape index (κ3) is 7.44. The van der Waals surface area contributed by atoms with Gasteiger partial charge in [0, 0.05) is 50.4 Å². The molecule has 0 aliphatic heterocycles. The van der Waals surface area contributed by atoms with E-state index in [0.717, 1.165) is 34.1 Å². The zero-order valence-corrected chi connectivity index (χ0v) is 51.0. The molecule has 0 heterocycles. The Morgan fingerprint density at radius 2 is 0.573 bits per heavy atom. The molecule has 89 heavy (non-hydrogen) atoms. The first-order valence-corrected chi connectivity index (χ1v) is 31.6. The van der Waals surface area contributed by atoms with Crippen LogP contribution in [-0.4, -0.2) is 0 Å². The Morgan fingerprint density at radius 1 is 0.213 bits per heavy atom. The lowest BCUT2D eigenvalue weighted by molar-refractivity contribution is 0.645. The maximum atomic E-state index is 2.53. The van der Waals surface area contributed by atoms with Gasteiger partial charge in [-0.15, -0.1) is 0 Å². The summed E-state index contributed by atoms with van der Waals surface area (Å²) >= 11 is 0. The molecule has 2 nitrogen and oxygen atoms in total. The van der Waals surface area contributed by atoms with Crippen LogP contribution < -0.4 is 9.80 Å². The summed E-state index contributed by atoms with van der Waals surface area (Å²) < 4.78 is 0. The second-order valence-corrected chi connectivity index (χ2v) is 26.8. The summed E-state index contributed by atoms with van der Waals surface area (Å²) in [7, 11) is 0. The van der Waals surface area contributed by atoms with Crippen LogP contribution in [0.5, 0.6) is 0 Å². The number of nitrogens with zero attached hydrogens (tertiary/aromatic N) is 2. The molecule has 18 rings (SSSR count). The molecule has 2 heteroatoms. The largest absolute Gasteiger partial charge is 0.310 e. The van der Waals surface area contributed by atoms with Crippen LogP contribution in [0.3, 0.4) is 0 Å². The Hall–Kier alpha value is -10.5. The lowest BCUT2D eigenvalue weighted by Crippen LogP contribution is -2.25. The molecule has 0 radical (unpaired) electrons. The van der Waals surface area contributed by atoms with Crippen molar-refractivity contribution in [2.75, 3.05) is 9.80 Å². The van der Waals surface area contributed by atoms with E-state index in [-0.39, 0.29) is 10.8 Å². The summed E-state index contributed by atoms with van der Waals surface area (Å²) in [5, 5.41) is 15.0. The van der Waals surface area contributed by atoms with Crippen LogP contribution in [0.1, 0.15) is 74.9 Å². The number of fused-ring (bicyclic) bond motifs is 16. The van der Waals surface area contributed by atoms with Gasteiger partial charge in [0.15, 0.2) is 0 Å². The third-order valence-electron chi connectivity index (χ3n) is 21.0. The molecular formula is C87H64N2. The van der Waals surface area contributed by atoms with Crippen LogP contribution in [0.15, 0.2) is 279 Å². The number of benzene rings is 15. The first kappa shape index (κ1) is 51.7. The first-order chi connectivity index (χ1) is 43.4. The van der Waals surface area contributed by atoms with Crippen LogP contribution in [0, 0.1) is 0 Å². The summed E-state index contributed by atoms with van der Waals surface area (Å²) in [4.78, 5) is 5.04. The van der Waals surface area contributed by atoms with Crippen molar-refractivity contribution in [1.29, 1.82) is 0 Å². The summed E-state index contributed by atoms with van der Waals surface area (Å²) in [6.45, 7) is 14.5. The van der Waals surface area contributed by atoms with E-state index in [1.807, 2.05) is 0 Å². The van der Waals surface area contributed by atoms with Crippen molar-refractivity contribution < 1.29 is 0 Å². The van der Waals surface area contributed by atoms with Crippen LogP contribution >= 0.6 is 0 Å². The van der Waals surface area contributed by atoms with Crippen molar-refractivity contribution in [3.05, 3.63) is 312 Å². The van der Waals surface area contributed by atoms with Crippen LogP contribution in [0.2, 0.25) is 0 Å². The van der Waals surface area contributed by atoms with E-state index in [1.165, 1.54) is 143 Å². The van der Waals surface area contributed by atoms with Crippen molar-refractivity contribution >= 4 is 98.8 Å².